The molecule has 0 saturated carbocycles. The Hall–Kier alpha value is -4.53. The van der Waals surface area contributed by atoms with Gasteiger partial charge in [0.25, 0.3) is 5.91 Å². The maximum absolute atomic E-state index is 13.8. The molecule has 0 aliphatic carbocycles. The Morgan fingerprint density at radius 1 is 1.11 bits per heavy atom. The van der Waals surface area contributed by atoms with E-state index in [0.717, 1.165) is 0 Å². The van der Waals surface area contributed by atoms with Crippen molar-refractivity contribution in [2.24, 2.45) is 5.92 Å². The van der Waals surface area contributed by atoms with E-state index >= 15 is 0 Å². The summed E-state index contributed by atoms with van der Waals surface area (Å²) in [6.45, 7) is 3.51. The van der Waals surface area contributed by atoms with Crippen LogP contribution in [0.1, 0.15) is 24.2 Å². The molecule has 2 aliphatic rings. The number of para-hydroxylation sites is 1. The lowest BCUT2D eigenvalue weighted by Gasteiger charge is -2.38. The van der Waals surface area contributed by atoms with Gasteiger partial charge in [0, 0.05) is 31.3 Å². The van der Waals surface area contributed by atoms with E-state index in [0.29, 0.717) is 22.9 Å². The number of benzene rings is 3. The summed E-state index contributed by atoms with van der Waals surface area (Å²) < 4.78 is 50.5. The van der Waals surface area contributed by atoms with Gasteiger partial charge in [-0.1, -0.05) is 13.0 Å². The van der Waals surface area contributed by atoms with E-state index < -0.39 is 34.1 Å². The van der Waals surface area contributed by atoms with Crippen molar-refractivity contribution in [2.45, 2.75) is 30.9 Å². The molecule has 0 bridgehead atoms. The maximum Gasteiger partial charge on any atom is 0.323 e. The molecule has 3 N–H and O–H groups in total. The smallest absolute Gasteiger partial charge is 0.323 e. The van der Waals surface area contributed by atoms with Crippen molar-refractivity contribution in [2.75, 3.05) is 51.3 Å². The molecule has 45 heavy (non-hydrogen) atoms. The van der Waals surface area contributed by atoms with E-state index in [9.17, 15) is 23.1 Å². The number of ether oxygens (including phenoxy) is 4. The number of likely N-dealkylation sites (N-methyl/N-ethyl adjacent to an activating group) is 1. The zero-order chi connectivity index (χ0) is 32.3. The summed E-state index contributed by atoms with van der Waals surface area (Å²) in [4.78, 5) is 28.5. The molecular formula is C31H36N4O9S. The van der Waals surface area contributed by atoms with Crippen LogP contribution in [-0.4, -0.2) is 87.5 Å². The lowest BCUT2D eigenvalue weighted by Crippen LogP contribution is -2.50. The van der Waals surface area contributed by atoms with E-state index in [1.165, 1.54) is 35.5 Å². The molecule has 0 radical (unpaired) electrons. The van der Waals surface area contributed by atoms with E-state index in [1.54, 1.807) is 55.5 Å². The summed E-state index contributed by atoms with van der Waals surface area (Å²) in [5, 5.41) is 15.4. The molecule has 2 heterocycles. The highest BCUT2D eigenvalue weighted by molar-refractivity contribution is 7.89. The van der Waals surface area contributed by atoms with Gasteiger partial charge >= 0.3 is 6.03 Å². The molecule has 13 nitrogen and oxygen atoms in total. The highest BCUT2D eigenvalue weighted by Crippen LogP contribution is 2.37. The fourth-order valence-electron chi connectivity index (χ4n) is 5.10. The van der Waals surface area contributed by atoms with E-state index in [4.69, 9.17) is 18.9 Å². The lowest BCUT2D eigenvalue weighted by molar-refractivity contribution is 0.0389. The van der Waals surface area contributed by atoms with Crippen LogP contribution in [0.2, 0.25) is 0 Å². The standard InChI is InChI=1S/C31H36N4O9S/c1-19-15-35(20(2)17-36)30(37)24-6-5-7-25(33-31(38)32-21-8-13-26-27(14-21)43-18-42-26)29(24)44-28(19)16-34(3)45(39,40)23-11-9-22(41-4)10-12-23/h5-14,19-20,28,36H,15-18H2,1-4H3,(H2,32,33,38)/t19-,20-,28+/m0/s1. The molecule has 0 spiro atoms. The highest BCUT2D eigenvalue weighted by Gasteiger charge is 2.36. The number of anilines is 2. The molecule has 0 aromatic heterocycles. The van der Waals surface area contributed by atoms with Crippen LogP contribution in [0.25, 0.3) is 0 Å². The third-order valence-electron chi connectivity index (χ3n) is 7.77. The average molecular weight is 641 g/mol. The Balaban J connectivity index is 1.44. The fourth-order valence-corrected chi connectivity index (χ4v) is 6.28. The van der Waals surface area contributed by atoms with Gasteiger partial charge in [-0.25, -0.2) is 13.2 Å². The minimum absolute atomic E-state index is 0.0672. The van der Waals surface area contributed by atoms with Gasteiger partial charge < -0.3 is 39.6 Å². The lowest BCUT2D eigenvalue weighted by atomic mass is 9.99. The second-order valence-corrected chi connectivity index (χ2v) is 13.0. The van der Waals surface area contributed by atoms with Gasteiger partial charge in [0.05, 0.1) is 42.4 Å². The molecule has 5 rings (SSSR count). The van der Waals surface area contributed by atoms with Crippen LogP contribution >= 0.6 is 0 Å². The number of nitrogens with one attached hydrogen (secondary N) is 2. The number of sulfonamides is 1. The zero-order valence-electron chi connectivity index (χ0n) is 25.3. The normalized spacial score (nSPS) is 18.4. The van der Waals surface area contributed by atoms with Gasteiger partial charge in [-0.05, 0) is 55.5 Å². The maximum atomic E-state index is 13.8. The van der Waals surface area contributed by atoms with Gasteiger partial charge in [-0.3, -0.25) is 4.79 Å². The molecule has 0 unspecified atom stereocenters. The number of hydrogen-bond donors (Lipinski definition) is 3. The summed E-state index contributed by atoms with van der Waals surface area (Å²) in [5.41, 5.74) is 0.816. The molecule has 240 valence electrons. The fraction of sp³-hybridized carbons (Fsp3) is 0.355. The van der Waals surface area contributed by atoms with Gasteiger partial charge in [-0.15, -0.1) is 0 Å². The number of carbonyl (C=O) groups excluding carboxylic acids is 2. The Morgan fingerprint density at radius 3 is 2.56 bits per heavy atom. The number of carbonyl (C=O) groups is 2. The first-order valence-corrected chi connectivity index (χ1v) is 15.8. The van der Waals surface area contributed by atoms with Crippen LogP contribution in [0, 0.1) is 5.92 Å². The predicted octanol–water partition coefficient (Wildman–Crippen LogP) is 3.61. The van der Waals surface area contributed by atoms with Crippen molar-refractivity contribution in [3.8, 4) is 23.0 Å². The van der Waals surface area contributed by atoms with Crippen LogP contribution in [0.3, 0.4) is 0 Å². The molecule has 14 heteroatoms. The number of fused-ring (bicyclic) bond motifs is 2. The van der Waals surface area contributed by atoms with Crippen LogP contribution in [0.5, 0.6) is 23.0 Å². The SMILES string of the molecule is COc1ccc(S(=O)(=O)N(C)C[C@H]2Oc3c(NC(=O)Nc4ccc5c(c4)OCO5)cccc3C(=O)N([C@@H](C)CO)C[C@@H]2C)cc1. The number of aliphatic hydroxyl groups excluding tert-OH is 1. The Labute approximate surface area is 261 Å². The van der Waals surface area contributed by atoms with E-state index in [2.05, 4.69) is 10.6 Å². The minimum atomic E-state index is -3.92. The van der Waals surface area contributed by atoms with Crippen LogP contribution in [0.4, 0.5) is 16.2 Å². The molecule has 0 fully saturated rings. The highest BCUT2D eigenvalue weighted by atomic mass is 32.2. The van der Waals surface area contributed by atoms with Gasteiger partial charge in [-0.2, -0.15) is 4.31 Å². The first kappa shape index (κ1) is 31.9. The van der Waals surface area contributed by atoms with Crippen molar-refractivity contribution >= 4 is 33.3 Å². The second kappa shape index (κ2) is 13.2. The quantitative estimate of drug-likeness (QED) is 0.318. The largest absolute Gasteiger partial charge is 0.497 e. The van der Waals surface area contributed by atoms with Crippen molar-refractivity contribution in [1.29, 1.82) is 0 Å². The van der Waals surface area contributed by atoms with Crippen molar-refractivity contribution in [3.63, 3.8) is 0 Å². The molecule has 3 aromatic carbocycles. The number of urea groups is 1. The average Bonchev–Trinajstić information content (AvgIpc) is 3.50. The predicted molar refractivity (Wildman–Crippen MR) is 166 cm³/mol. The Kier molecular flexibility index (Phi) is 9.37. The molecule has 3 aromatic rings. The summed E-state index contributed by atoms with van der Waals surface area (Å²) in [7, 11) is -0.968. The first-order chi connectivity index (χ1) is 21.5. The number of aliphatic hydroxyl groups is 1. The van der Waals surface area contributed by atoms with Gasteiger partial charge in [0.2, 0.25) is 16.8 Å². The molecule has 0 saturated heterocycles. The monoisotopic (exact) mass is 640 g/mol. The molecule has 3 amide bonds. The number of hydrogen-bond acceptors (Lipinski definition) is 9. The number of nitrogens with zero attached hydrogens (tertiary/aromatic N) is 2. The Bertz CT molecular complexity index is 1670. The second-order valence-electron chi connectivity index (χ2n) is 10.9. The summed E-state index contributed by atoms with van der Waals surface area (Å²) in [5.74, 6) is 0.908. The number of rotatable bonds is 9. The molecule has 2 aliphatic heterocycles. The van der Waals surface area contributed by atoms with Crippen LogP contribution in [-0.2, 0) is 10.0 Å². The number of methoxy groups -OCH3 is 1. The zero-order valence-corrected chi connectivity index (χ0v) is 26.2. The van der Waals surface area contributed by atoms with Crippen LogP contribution in [0.15, 0.2) is 65.6 Å². The van der Waals surface area contributed by atoms with Crippen molar-refractivity contribution in [1.82, 2.24) is 9.21 Å². The first-order valence-electron chi connectivity index (χ1n) is 14.3. The molecule has 3 atom stereocenters. The third-order valence-corrected chi connectivity index (χ3v) is 9.61. The summed E-state index contributed by atoms with van der Waals surface area (Å²) in [6, 6.07) is 14.7. The van der Waals surface area contributed by atoms with E-state index in [-0.39, 0.29) is 54.3 Å². The minimum Gasteiger partial charge on any atom is -0.497 e. The van der Waals surface area contributed by atoms with Gasteiger partial charge in [0.15, 0.2) is 17.2 Å². The summed E-state index contributed by atoms with van der Waals surface area (Å²) in [6.07, 6.45) is -0.747. The van der Waals surface area contributed by atoms with Crippen molar-refractivity contribution < 1.29 is 42.1 Å². The van der Waals surface area contributed by atoms with Crippen molar-refractivity contribution in [3.05, 3.63) is 66.2 Å². The third kappa shape index (κ3) is 6.77. The van der Waals surface area contributed by atoms with E-state index in [1.807, 2.05) is 6.92 Å². The number of amides is 3. The molecular weight excluding hydrogens is 604 g/mol. The van der Waals surface area contributed by atoms with Crippen LogP contribution < -0.4 is 29.6 Å². The summed E-state index contributed by atoms with van der Waals surface area (Å²) >= 11 is 0. The topological polar surface area (TPSA) is 156 Å². The van der Waals surface area contributed by atoms with Gasteiger partial charge in [0.1, 0.15) is 11.9 Å². The Morgan fingerprint density at radius 2 is 1.84 bits per heavy atom.